The largest absolute Gasteiger partial charge is 0.480 e. The fourth-order valence-electron chi connectivity index (χ4n) is 2.62. The van der Waals surface area contributed by atoms with Gasteiger partial charge in [-0.1, -0.05) is 30.3 Å². The Labute approximate surface area is 183 Å². The summed E-state index contributed by atoms with van der Waals surface area (Å²) in [5.41, 5.74) is 16.8. The number of amides is 5. The van der Waals surface area contributed by atoms with E-state index in [1.165, 1.54) is 0 Å². The third-order valence-corrected chi connectivity index (χ3v) is 4.13. The molecule has 0 saturated carbocycles. The summed E-state index contributed by atoms with van der Waals surface area (Å²) in [4.78, 5) is 70.4. The number of nitrogens with one attached hydrogen (secondary N) is 3. The van der Waals surface area contributed by atoms with Gasteiger partial charge in [-0.05, 0) is 12.0 Å². The van der Waals surface area contributed by atoms with Gasteiger partial charge in [0.2, 0.25) is 29.5 Å². The van der Waals surface area contributed by atoms with Gasteiger partial charge < -0.3 is 38.3 Å². The van der Waals surface area contributed by atoms with E-state index in [1.807, 2.05) is 5.32 Å². The molecule has 32 heavy (non-hydrogen) atoms. The summed E-state index contributed by atoms with van der Waals surface area (Å²) in [5.74, 6) is -6.00. The van der Waals surface area contributed by atoms with Crippen LogP contribution in [-0.4, -0.2) is 65.3 Å². The number of primary amides is 2. The van der Waals surface area contributed by atoms with Gasteiger partial charge in [0.05, 0.1) is 18.9 Å². The maximum Gasteiger partial charge on any atom is 0.322 e. The average Bonchev–Trinajstić information content (AvgIpc) is 2.70. The molecule has 13 heteroatoms. The van der Waals surface area contributed by atoms with Crippen molar-refractivity contribution in [1.82, 2.24) is 16.0 Å². The molecule has 1 aromatic carbocycles. The van der Waals surface area contributed by atoms with Crippen LogP contribution in [0.5, 0.6) is 0 Å². The molecule has 0 heterocycles. The molecule has 3 atom stereocenters. The highest BCUT2D eigenvalue weighted by Gasteiger charge is 2.30. The Morgan fingerprint density at radius 3 is 1.81 bits per heavy atom. The van der Waals surface area contributed by atoms with Crippen LogP contribution in [0.3, 0.4) is 0 Å². The summed E-state index contributed by atoms with van der Waals surface area (Å²) in [5, 5.41) is 15.1. The van der Waals surface area contributed by atoms with Crippen LogP contribution >= 0.6 is 0 Å². The predicted octanol–water partition coefficient (Wildman–Crippen LogP) is -3.52. The molecule has 0 aliphatic rings. The number of carboxylic acid groups (broad SMARTS) is 1. The number of carbonyl (C=O) groups excluding carboxylic acids is 5. The van der Waals surface area contributed by atoms with Crippen molar-refractivity contribution >= 4 is 35.5 Å². The monoisotopic (exact) mass is 450 g/mol. The molecule has 10 N–H and O–H groups in total. The van der Waals surface area contributed by atoms with Crippen molar-refractivity contribution in [3.8, 4) is 0 Å². The van der Waals surface area contributed by atoms with E-state index in [-0.39, 0.29) is 6.42 Å². The molecule has 0 bridgehead atoms. The van der Waals surface area contributed by atoms with Crippen molar-refractivity contribution < 1.29 is 33.9 Å². The highest BCUT2D eigenvalue weighted by atomic mass is 16.4. The van der Waals surface area contributed by atoms with E-state index in [0.717, 1.165) is 5.56 Å². The first-order valence-electron chi connectivity index (χ1n) is 9.46. The predicted molar refractivity (Wildman–Crippen MR) is 110 cm³/mol. The van der Waals surface area contributed by atoms with Gasteiger partial charge in [0.1, 0.15) is 18.6 Å². The Balaban J connectivity index is 2.88. The first-order chi connectivity index (χ1) is 15.0. The van der Waals surface area contributed by atoms with Crippen LogP contribution in [0.1, 0.15) is 18.4 Å². The third kappa shape index (κ3) is 9.67. The van der Waals surface area contributed by atoms with Crippen LogP contribution < -0.4 is 33.2 Å². The van der Waals surface area contributed by atoms with E-state index < -0.39 is 73.0 Å². The number of hydrogen-bond acceptors (Lipinski definition) is 7. The lowest BCUT2D eigenvalue weighted by atomic mass is 10.0. The van der Waals surface area contributed by atoms with Crippen molar-refractivity contribution in [1.29, 1.82) is 0 Å². The Bertz CT molecular complexity index is 861. The summed E-state index contributed by atoms with van der Waals surface area (Å²) >= 11 is 0. The van der Waals surface area contributed by atoms with Gasteiger partial charge in [-0.15, -0.1) is 0 Å². The van der Waals surface area contributed by atoms with Crippen molar-refractivity contribution in [3.05, 3.63) is 35.9 Å². The standard InChI is InChI=1S/C19H26N6O7/c20-11(6-10-4-2-1-3-5-10)17(30)24-13(8-15(22)27)19(32)25-12(7-14(21)26)18(31)23-9-16(28)29/h1-5,11-13H,6-9,20H2,(H2,21,26)(H2,22,27)(H,23,31)(H,24,30)(H,25,32)(H,28,29). The molecule has 174 valence electrons. The van der Waals surface area contributed by atoms with Gasteiger partial charge in [-0.2, -0.15) is 0 Å². The van der Waals surface area contributed by atoms with Crippen LogP contribution in [0.25, 0.3) is 0 Å². The third-order valence-electron chi connectivity index (χ3n) is 4.13. The zero-order valence-corrected chi connectivity index (χ0v) is 17.1. The summed E-state index contributed by atoms with van der Waals surface area (Å²) in [7, 11) is 0. The van der Waals surface area contributed by atoms with Crippen molar-refractivity contribution in [2.45, 2.75) is 37.4 Å². The molecule has 0 fully saturated rings. The number of carbonyl (C=O) groups is 6. The highest BCUT2D eigenvalue weighted by molar-refractivity contribution is 5.97. The van der Waals surface area contributed by atoms with Crippen LogP contribution in [0.15, 0.2) is 30.3 Å². The minimum Gasteiger partial charge on any atom is -0.480 e. The second-order valence-electron chi connectivity index (χ2n) is 6.87. The van der Waals surface area contributed by atoms with Crippen LogP contribution in [0, 0.1) is 0 Å². The zero-order chi connectivity index (χ0) is 24.3. The van der Waals surface area contributed by atoms with E-state index in [2.05, 4.69) is 10.6 Å². The molecule has 3 unspecified atom stereocenters. The van der Waals surface area contributed by atoms with Crippen molar-refractivity contribution in [2.75, 3.05) is 6.54 Å². The Morgan fingerprint density at radius 1 is 0.812 bits per heavy atom. The average molecular weight is 450 g/mol. The van der Waals surface area contributed by atoms with Crippen LogP contribution in [0.2, 0.25) is 0 Å². The fourth-order valence-corrected chi connectivity index (χ4v) is 2.62. The van der Waals surface area contributed by atoms with Crippen LogP contribution in [0.4, 0.5) is 0 Å². The summed E-state index contributed by atoms with van der Waals surface area (Å²) in [6.45, 7) is -0.764. The second kappa shape index (κ2) is 12.6. The van der Waals surface area contributed by atoms with Crippen LogP contribution in [-0.2, 0) is 35.2 Å². The van der Waals surface area contributed by atoms with E-state index in [9.17, 15) is 28.8 Å². The van der Waals surface area contributed by atoms with Gasteiger partial charge in [-0.25, -0.2) is 0 Å². The van der Waals surface area contributed by atoms with E-state index in [1.54, 1.807) is 30.3 Å². The zero-order valence-electron chi connectivity index (χ0n) is 17.1. The molecular formula is C19H26N6O7. The van der Waals surface area contributed by atoms with E-state index >= 15 is 0 Å². The molecule has 13 nitrogen and oxygen atoms in total. The number of carboxylic acids is 1. The van der Waals surface area contributed by atoms with E-state index in [4.69, 9.17) is 22.3 Å². The number of hydrogen-bond donors (Lipinski definition) is 7. The summed E-state index contributed by atoms with van der Waals surface area (Å²) < 4.78 is 0. The number of rotatable bonds is 13. The number of nitrogens with two attached hydrogens (primary N) is 3. The maximum absolute atomic E-state index is 12.6. The molecule has 0 aliphatic heterocycles. The minimum absolute atomic E-state index is 0.152. The molecule has 0 spiro atoms. The first-order valence-corrected chi connectivity index (χ1v) is 9.46. The van der Waals surface area contributed by atoms with Gasteiger partial charge in [0.25, 0.3) is 0 Å². The Morgan fingerprint density at radius 2 is 1.31 bits per heavy atom. The minimum atomic E-state index is -1.54. The molecular weight excluding hydrogens is 424 g/mol. The lowest BCUT2D eigenvalue weighted by Gasteiger charge is -2.23. The van der Waals surface area contributed by atoms with Crippen molar-refractivity contribution in [3.63, 3.8) is 0 Å². The number of aliphatic carboxylic acids is 1. The lowest BCUT2D eigenvalue weighted by Crippen LogP contribution is -2.57. The van der Waals surface area contributed by atoms with Gasteiger partial charge in [-0.3, -0.25) is 28.8 Å². The number of benzene rings is 1. The second-order valence-corrected chi connectivity index (χ2v) is 6.87. The molecule has 1 rings (SSSR count). The smallest absolute Gasteiger partial charge is 0.322 e. The topological polar surface area (TPSA) is 237 Å². The van der Waals surface area contributed by atoms with Gasteiger partial charge >= 0.3 is 5.97 Å². The normalized spacial score (nSPS) is 13.2. The molecule has 5 amide bonds. The summed E-state index contributed by atoms with van der Waals surface area (Å²) in [6, 6.07) is 4.73. The maximum atomic E-state index is 12.6. The molecule has 0 aliphatic carbocycles. The molecule has 0 aromatic heterocycles. The highest BCUT2D eigenvalue weighted by Crippen LogP contribution is 2.03. The first kappa shape index (κ1) is 26.0. The SMILES string of the molecule is NC(=O)CC(NC(=O)C(N)Cc1ccccc1)C(=O)NC(CC(N)=O)C(=O)NCC(=O)O. The molecule has 0 saturated heterocycles. The Kier molecular flexibility index (Phi) is 10.3. The lowest BCUT2D eigenvalue weighted by molar-refractivity contribution is -0.139. The van der Waals surface area contributed by atoms with Crippen molar-refractivity contribution in [2.24, 2.45) is 17.2 Å². The Hall–Kier alpha value is -4.00. The molecule has 1 aromatic rings. The van der Waals surface area contributed by atoms with Gasteiger partial charge in [0.15, 0.2) is 0 Å². The summed E-state index contributed by atoms with van der Waals surface area (Å²) in [6.07, 6.45) is -1.11. The molecule has 0 radical (unpaired) electrons. The fraction of sp³-hybridized carbons (Fsp3) is 0.368. The van der Waals surface area contributed by atoms with Gasteiger partial charge in [0, 0.05) is 0 Å². The quantitative estimate of drug-likeness (QED) is 0.158. The van der Waals surface area contributed by atoms with E-state index in [0.29, 0.717) is 0 Å².